The molecule has 2 aromatic carbocycles. The molecule has 1 fully saturated rings. The van der Waals surface area contributed by atoms with E-state index in [1.165, 1.54) is 9.87 Å². The van der Waals surface area contributed by atoms with E-state index in [0.717, 1.165) is 31.5 Å². The summed E-state index contributed by atoms with van der Waals surface area (Å²) >= 11 is 0. The lowest BCUT2D eigenvalue weighted by Crippen LogP contribution is -2.51. The predicted molar refractivity (Wildman–Crippen MR) is 121 cm³/mol. The van der Waals surface area contributed by atoms with E-state index in [1.54, 1.807) is 11.0 Å². The van der Waals surface area contributed by atoms with Gasteiger partial charge >= 0.3 is 0 Å². The number of para-hydroxylation sites is 1. The number of hydrogen-bond donors (Lipinski definition) is 0. The zero-order valence-corrected chi connectivity index (χ0v) is 18.8. The van der Waals surface area contributed by atoms with Crippen LogP contribution in [0.3, 0.4) is 0 Å². The van der Waals surface area contributed by atoms with Crippen molar-refractivity contribution in [2.45, 2.75) is 26.3 Å². The molecule has 1 amide bonds. The highest BCUT2D eigenvalue weighted by molar-refractivity contribution is 7.92. The van der Waals surface area contributed by atoms with Gasteiger partial charge in [0.05, 0.1) is 11.9 Å². The summed E-state index contributed by atoms with van der Waals surface area (Å²) in [6.07, 6.45) is 1.16. The molecule has 1 aliphatic heterocycles. The van der Waals surface area contributed by atoms with Crippen LogP contribution in [0.1, 0.15) is 30.9 Å². The summed E-state index contributed by atoms with van der Waals surface area (Å²) in [6.45, 7) is 7.51. The van der Waals surface area contributed by atoms with Crippen molar-refractivity contribution in [1.82, 2.24) is 9.80 Å². The molecular formula is C23H31N3O3S. The van der Waals surface area contributed by atoms with Crippen molar-refractivity contribution in [2.75, 3.05) is 43.3 Å². The first-order valence-electron chi connectivity index (χ1n) is 10.4. The van der Waals surface area contributed by atoms with Crippen molar-refractivity contribution >= 4 is 21.6 Å². The molecule has 1 heterocycles. The summed E-state index contributed by atoms with van der Waals surface area (Å²) in [5.74, 6) is 0.000397. The molecule has 2 aromatic rings. The van der Waals surface area contributed by atoms with Crippen molar-refractivity contribution in [3.8, 4) is 0 Å². The van der Waals surface area contributed by atoms with E-state index in [4.69, 9.17) is 0 Å². The van der Waals surface area contributed by atoms with Gasteiger partial charge in [0.15, 0.2) is 0 Å². The maximum absolute atomic E-state index is 13.0. The number of piperazine rings is 1. The van der Waals surface area contributed by atoms with Crippen molar-refractivity contribution in [1.29, 1.82) is 0 Å². The van der Waals surface area contributed by atoms with Crippen LogP contribution >= 0.6 is 0 Å². The fraction of sp³-hybridized carbons (Fsp3) is 0.435. The molecule has 1 aliphatic rings. The Balaban J connectivity index is 1.66. The number of carbonyl (C=O) groups excluding carboxylic acids is 1. The van der Waals surface area contributed by atoms with Gasteiger partial charge in [-0.1, -0.05) is 62.4 Å². The molecule has 162 valence electrons. The Hall–Kier alpha value is -2.38. The molecule has 0 bridgehead atoms. The number of carbonyl (C=O) groups is 1. The van der Waals surface area contributed by atoms with Gasteiger partial charge in [-0.05, 0) is 23.1 Å². The fourth-order valence-electron chi connectivity index (χ4n) is 3.80. The summed E-state index contributed by atoms with van der Waals surface area (Å²) in [6, 6.07) is 17.7. The average molecular weight is 430 g/mol. The molecule has 0 saturated carbocycles. The Labute approximate surface area is 180 Å². The molecule has 7 heteroatoms. The van der Waals surface area contributed by atoms with Gasteiger partial charge in [-0.3, -0.25) is 14.0 Å². The second-order valence-electron chi connectivity index (χ2n) is 8.13. The highest BCUT2D eigenvalue weighted by Gasteiger charge is 2.28. The van der Waals surface area contributed by atoms with Gasteiger partial charge in [0, 0.05) is 32.7 Å². The normalized spacial score (nSPS) is 15.4. The van der Waals surface area contributed by atoms with Crippen LogP contribution in [0.2, 0.25) is 0 Å². The zero-order valence-electron chi connectivity index (χ0n) is 18.0. The van der Waals surface area contributed by atoms with E-state index in [9.17, 15) is 13.2 Å². The molecule has 0 spiro atoms. The first kappa shape index (κ1) is 22.3. The van der Waals surface area contributed by atoms with Gasteiger partial charge < -0.3 is 4.90 Å². The Kier molecular flexibility index (Phi) is 7.15. The van der Waals surface area contributed by atoms with Gasteiger partial charge in [0.1, 0.15) is 6.54 Å². The van der Waals surface area contributed by atoms with Gasteiger partial charge in [-0.15, -0.1) is 0 Å². The summed E-state index contributed by atoms with van der Waals surface area (Å²) in [4.78, 5) is 17.1. The summed E-state index contributed by atoms with van der Waals surface area (Å²) in [5.41, 5.74) is 2.76. The van der Waals surface area contributed by atoms with Crippen molar-refractivity contribution in [2.24, 2.45) is 0 Å². The Morgan fingerprint density at radius 1 is 0.967 bits per heavy atom. The zero-order chi connectivity index (χ0) is 21.7. The molecule has 6 nitrogen and oxygen atoms in total. The topological polar surface area (TPSA) is 60.9 Å². The lowest BCUT2D eigenvalue weighted by molar-refractivity contribution is -0.131. The van der Waals surface area contributed by atoms with Gasteiger partial charge in [0.2, 0.25) is 15.9 Å². The van der Waals surface area contributed by atoms with Crippen molar-refractivity contribution in [3.63, 3.8) is 0 Å². The molecular weight excluding hydrogens is 398 g/mol. The number of anilines is 1. The lowest BCUT2D eigenvalue weighted by Gasteiger charge is -2.36. The van der Waals surface area contributed by atoms with E-state index in [-0.39, 0.29) is 18.4 Å². The van der Waals surface area contributed by atoms with Crippen molar-refractivity contribution in [3.05, 3.63) is 65.7 Å². The Bertz CT molecular complexity index is 953. The standard InChI is InChI=1S/C23H31N3O3S/c1-19(2)21-11-7-8-12-22(21)26(30(3,28)29)18-23(27)25-15-13-24(14-16-25)17-20-9-5-4-6-10-20/h4-12,19H,13-18H2,1-3H3. The SMILES string of the molecule is CC(C)c1ccccc1N(CC(=O)N1CCN(Cc2ccccc2)CC1)S(C)(=O)=O. The third-order valence-corrected chi connectivity index (χ3v) is 6.61. The molecule has 0 aliphatic carbocycles. The minimum absolute atomic E-state index is 0.154. The monoisotopic (exact) mass is 429 g/mol. The molecule has 0 N–H and O–H groups in total. The smallest absolute Gasteiger partial charge is 0.243 e. The number of benzene rings is 2. The quantitative estimate of drug-likeness (QED) is 0.679. The minimum Gasteiger partial charge on any atom is -0.339 e. The van der Waals surface area contributed by atoms with Gasteiger partial charge in [-0.2, -0.15) is 0 Å². The van der Waals surface area contributed by atoms with Crippen LogP contribution < -0.4 is 4.31 Å². The third kappa shape index (κ3) is 5.61. The van der Waals surface area contributed by atoms with Crippen molar-refractivity contribution < 1.29 is 13.2 Å². The largest absolute Gasteiger partial charge is 0.339 e. The van der Waals surface area contributed by atoms with E-state index in [1.807, 2.05) is 50.2 Å². The third-order valence-electron chi connectivity index (χ3n) is 5.48. The Morgan fingerprint density at radius 2 is 1.57 bits per heavy atom. The summed E-state index contributed by atoms with van der Waals surface area (Å²) < 4.78 is 26.3. The number of nitrogens with zero attached hydrogens (tertiary/aromatic N) is 3. The van der Waals surface area contributed by atoms with E-state index in [0.29, 0.717) is 18.8 Å². The molecule has 0 unspecified atom stereocenters. The fourth-order valence-corrected chi connectivity index (χ4v) is 4.67. The van der Waals surface area contributed by atoms with Crippen LogP contribution in [-0.4, -0.2) is 63.1 Å². The van der Waals surface area contributed by atoms with Crippen LogP contribution in [0.5, 0.6) is 0 Å². The first-order valence-corrected chi connectivity index (χ1v) is 12.2. The van der Waals surface area contributed by atoms with Gasteiger partial charge in [-0.25, -0.2) is 8.42 Å². The van der Waals surface area contributed by atoms with Crippen LogP contribution in [0.15, 0.2) is 54.6 Å². The van der Waals surface area contributed by atoms with Crippen LogP contribution in [-0.2, 0) is 21.4 Å². The van der Waals surface area contributed by atoms with Crippen LogP contribution in [0, 0.1) is 0 Å². The number of rotatable bonds is 7. The van der Waals surface area contributed by atoms with Gasteiger partial charge in [0.25, 0.3) is 0 Å². The van der Waals surface area contributed by atoms with Crippen LogP contribution in [0.4, 0.5) is 5.69 Å². The highest BCUT2D eigenvalue weighted by atomic mass is 32.2. The maximum atomic E-state index is 13.0. The van der Waals surface area contributed by atoms with E-state index in [2.05, 4.69) is 17.0 Å². The second-order valence-corrected chi connectivity index (χ2v) is 10.0. The predicted octanol–water partition coefficient (Wildman–Crippen LogP) is 2.92. The summed E-state index contributed by atoms with van der Waals surface area (Å²) in [7, 11) is -3.58. The minimum atomic E-state index is -3.58. The van der Waals surface area contributed by atoms with E-state index < -0.39 is 10.0 Å². The second kappa shape index (κ2) is 9.62. The molecule has 0 atom stereocenters. The maximum Gasteiger partial charge on any atom is 0.243 e. The average Bonchev–Trinajstić information content (AvgIpc) is 2.72. The Morgan fingerprint density at radius 3 is 2.17 bits per heavy atom. The van der Waals surface area contributed by atoms with E-state index >= 15 is 0 Å². The lowest BCUT2D eigenvalue weighted by atomic mass is 10.0. The molecule has 30 heavy (non-hydrogen) atoms. The molecule has 0 radical (unpaired) electrons. The first-order chi connectivity index (χ1) is 14.3. The molecule has 3 rings (SSSR count). The number of hydrogen-bond acceptors (Lipinski definition) is 4. The molecule has 1 saturated heterocycles. The summed E-state index contributed by atoms with van der Waals surface area (Å²) in [5, 5.41) is 0. The number of sulfonamides is 1. The highest BCUT2D eigenvalue weighted by Crippen LogP contribution is 2.29. The van der Waals surface area contributed by atoms with Crippen LogP contribution in [0.25, 0.3) is 0 Å². The molecule has 0 aromatic heterocycles. The number of amides is 1.